The average molecular weight is 194 g/mol. The summed E-state index contributed by atoms with van der Waals surface area (Å²) < 4.78 is 0. The second-order valence-corrected chi connectivity index (χ2v) is 4.28. The third-order valence-corrected chi connectivity index (χ3v) is 3.07. The maximum atomic E-state index is 2.46. The van der Waals surface area contributed by atoms with E-state index in [9.17, 15) is 0 Å². The van der Waals surface area contributed by atoms with Gasteiger partial charge in [0.15, 0.2) is 0 Å². The van der Waals surface area contributed by atoms with Crippen molar-refractivity contribution in [2.75, 3.05) is 0 Å². The molecule has 0 saturated heterocycles. The zero-order valence-corrected chi connectivity index (χ0v) is 9.43. The molecule has 2 aliphatic carbocycles. The van der Waals surface area contributed by atoms with Gasteiger partial charge in [0.2, 0.25) is 0 Å². The minimum Gasteiger partial charge on any atom is -0.0776 e. The molecule has 0 amide bonds. The Hall–Kier alpha value is -0.520. The van der Waals surface area contributed by atoms with E-state index in [-0.39, 0.29) is 7.43 Å². The largest absolute Gasteiger partial charge is 0.0776 e. The van der Waals surface area contributed by atoms with Crippen molar-refractivity contribution in [3.8, 4) is 0 Å². The first-order chi connectivity index (χ1) is 6.20. The summed E-state index contributed by atoms with van der Waals surface area (Å²) in [6.45, 7) is 8.68. The molecule has 0 aliphatic heterocycles. The summed E-state index contributed by atoms with van der Waals surface area (Å²) in [7, 11) is 0. The van der Waals surface area contributed by atoms with Gasteiger partial charge in [-0.25, -0.2) is 0 Å². The van der Waals surface area contributed by atoms with E-state index in [0.717, 1.165) is 5.92 Å². The van der Waals surface area contributed by atoms with Crippen molar-refractivity contribution in [1.82, 2.24) is 0 Å². The highest BCUT2D eigenvalue weighted by Crippen LogP contribution is 2.41. The topological polar surface area (TPSA) is 0 Å². The fraction of sp³-hybridized carbons (Fsp3) is 0.714. The van der Waals surface area contributed by atoms with Crippen LogP contribution in [0.3, 0.4) is 0 Å². The molecule has 0 aromatic heterocycles. The number of allylic oxidation sites excluding steroid dienone is 4. The van der Waals surface area contributed by atoms with E-state index < -0.39 is 0 Å². The van der Waals surface area contributed by atoms with Gasteiger partial charge in [0.05, 0.1) is 0 Å². The van der Waals surface area contributed by atoms with E-state index in [1.54, 1.807) is 5.57 Å². The van der Waals surface area contributed by atoms with Crippen molar-refractivity contribution >= 4 is 0 Å². The highest BCUT2D eigenvalue weighted by molar-refractivity contribution is 5.35. The van der Waals surface area contributed by atoms with Crippen LogP contribution in [0.25, 0.3) is 0 Å². The highest BCUT2D eigenvalue weighted by atomic mass is 14.3. The first-order valence-corrected chi connectivity index (χ1v) is 5.62. The normalized spacial score (nSPS) is 33.4. The predicted molar refractivity (Wildman–Crippen MR) is 66.4 cm³/mol. The number of rotatable bonds is 0. The van der Waals surface area contributed by atoms with E-state index in [2.05, 4.69) is 32.1 Å². The molecular weight excluding hydrogens is 168 g/mol. The minimum atomic E-state index is 0. The van der Waals surface area contributed by atoms with Gasteiger partial charge >= 0.3 is 0 Å². The lowest BCUT2D eigenvalue weighted by molar-refractivity contribution is 0.465. The van der Waals surface area contributed by atoms with Crippen molar-refractivity contribution < 1.29 is 0 Å². The van der Waals surface area contributed by atoms with Crippen LogP contribution >= 0.6 is 0 Å². The third kappa shape index (κ3) is 2.73. The molecule has 0 nitrogen and oxygen atoms in total. The summed E-state index contributed by atoms with van der Waals surface area (Å²) in [5.41, 5.74) is 1.99. The van der Waals surface area contributed by atoms with E-state index >= 15 is 0 Å². The standard InChI is InChI=1S/C11H16.C2H6.CH4/c1-9-4-3-6-11(2)7-5-10(9)8-11;1-2;/h5,7-9H,3-4,6H2,1-2H3;1-2H3;1H4. The molecule has 0 N–H and O–H groups in total. The quantitative estimate of drug-likeness (QED) is 0.510. The Morgan fingerprint density at radius 2 is 2.00 bits per heavy atom. The first kappa shape index (κ1) is 13.5. The maximum absolute atomic E-state index is 2.46. The Bertz CT molecular complexity index is 222. The average Bonchev–Trinajstić information content (AvgIpc) is 2.45. The summed E-state index contributed by atoms with van der Waals surface area (Å²) in [6, 6.07) is 0. The molecule has 0 saturated carbocycles. The fourth-order valence-electron chi connectivity index (χ4n) is 2.18. The predicted octanol–water partition coefficient (Wildman–Crippen LogP) is 4.97. The molecule has 82 valence electrons. The van der Waals surface area contributed by atoms with Crippen LogP contribution in [0.15, 0.2) is 23.8 Å². The van der Waals surface area contributed by atoms with Crippen LogP contribution in [0.5, 0.6) is 0 Å². The molecule has 0 heteroatoms. The fourth-order valence-corrected chi connectivity index (χ4v) is 2.18. The SMILES string of the molecule is C.CC.CC1CCCC2(C)C=CC1=C2. The minimum absolute atomic E-state index is 0. The van der Waals surface area contributed by atoms with Gasteiger partial charge in [0.1, 0.15) is 0 Å². The molecule has 2 bridgehead atoms. The molecular formula is C14H26. The van der Waals surface area contributed by atoms with Gasteiger partial charge in [-0.15, -0.1) is 0 Å². The molecule has 0 fully saturated rings. The maximum Gasteiger partial charge on any atom is 0.00418 e. The van der Waals surface area contributed by atoms with Crippen LogP contribution < -0.4 is 0 Å². The summed E-state index contributed by atoms with van der Waals surface area (Å²) >= 11 is 0. The van der Waals surface area contributed by atoms with Crippen molar-refractivity contribution in [3.05, 3.63) is 23.8 Å². The highest BCUT2D eigenvalue weighted by Gasteiger charge is 2.27. The Morgan fingerprint density at radius 1 is 1.36 bits per heavy atom. The number of fused-ring (bicyclic) bond motifs is 1. The molecule has 0 radical (unpaired) electrons. The van der Waals surface area contributed by atoms with Gasteiger partial charge in [-0.2, -0.15) is 0 Å². The molecule has 0 spiro atoms. The lowest BCUT2D eigenvalue weighted by Gasteiger charge is -2.17. The van der Waals surface area contributed by atoms with Crippen LogP contribution in [0.4, 0.5) is 0 Å². The Balaban J connectivity index is 0.000000531. The molecule has 0 aromatic rings. The van der Waals surface area contributed by atoms with Gasteiger partial charge in [0, 0.05) is 5.41 Å². The first-order valence-electron chi connectivity index (χ1n) is 5.62. The van der Waals surface area contributed by atoms with Gasteiger partial charge in [0.25, 0.3) is 0 Å². The molecule has 2 atom stereocenters. The van der Waals surface area contributed by atoms with E-state index in [4.69, 9.17) is 0 Å². The smallest absolute Gasteiger partial charge is 0.00418 e. The van der Waals surface area contributed by atoms with Crippen LogP contribution in [-0.4, -0.2) is 0 Å². The second-order valence-electron chi connectivity index (χ2n) is 4.28. The van der Waals surface area contributed by atoms with Gasteiger partial charge in [-0.05, 0) is 24.3 Å². The Labute approximate surface area is 90.1 Å². The van der Waals surface area contributed by atoms with E-state index in [1.165, 1.54) is 19.3 Å². The number of hydrogen-bond donors (Lipinski definition) is 0. The lowest BCUT2D eigenvalue weighted by atomic mass is 9.87. The van der Waals surface area contributed by atoms with Crippen molar-refractivity contribution in [2.45, 2.75) is 54.4 Å². The van der Waals surface area contributed by atoms with Crippen LogP contribution in [-0.2, 0) is 0 Å². The zero-order valence-electron chi connectivity index (χ0n) is 9.43. The van der Waals surface area contributed by atoms with Crippen LogP contribution in [0, 0.1) is 11.3 Å². The molecule has 2 unspecified atom stereocenters. The summed E-state index contributed by atoms with van der Waals surface area (Å²) in [6.07, 6.45) is 11.3. The van der Waals surface area contributed by atoms with Gasteiger partial charge < -0.3 is 0 Å². The van der Waals surface area contributed by atoms with Crippen molar-refractivity contribution in [2.24, 2.45) is 11.3 Å². The molecule has 2 rings (SSSR count). The summed E-state index contributed by atoms with van der Waals surface area (Å²) in [5.74, 6) is 0.801. The summed E-state index contributed by atoms with van der Waals surface area (Å²) in [4.78, 5) is 0. The van der Waals surface area contributed by atoms with Crippen LogP contribution in [0.1, 0.15) is 54.4 Å². The third-order valence-electron chi connectivity index (χ3n) is 3.07. The molecule has 0 aromatic carbocycles. The van der Waals surface area contributed by atoms with Crippen LogP contribution in [0.2, 0.25) is 0 Å². The molecule has 14 heavy (non-hydrogen) atoms. The van der Waals surface area contributed by atoms with Gasteiger partial charge in [-0.3, -0.25) is 0 Å². The Kier molecular flexibility index (Phi) is 5.18. The van der Waals surface area contributed by atoms with E-state index in [0.29, 0.717) is 5.41 Å². The van der Waals surface area contributed by atoms with E-state index in [1.807, 2.05) is 13.8 Å². The monoisotopic (exact) mass is 194 g/mol. The van der Waals surface area contributed by atoms with Gasteiger partial charge in [-0.1, -0.05) is 59.8 Å². The number of hydrogen-bond acceptors (Lipinski definition) is 0. The van der Waals surface area contributed by atoms with Crippen molar-refractivity contribution in [1.29, 1.82) is 0 Å². The second kappa shape index (κ2) is 5.38. The molecule has 2 aliphatic rings. The summed E-state index contributed by atoms with van der Waals surface area (Å²) in [5, 5.41) is 0. The molecule has 0 heterocycles. The van der Waals surface area contributed by atoms with Crippen molar-refractivity contribution in [3.63, 3.8) is 0 Å². The lowest BCUT2D eigenvalue weighted by Crippen LogP contribution is -2.05. The zero-order chi connectivity index (χ0) is 9.90. The Morgan fingerprint density at radius 3 is 2.64 bits per heavy atom.